The van der Waals surface area contributed by atoms with Crippen LogP contribution >= 0.6 is 11.3 Å². The van der Waals surface area contributed by atoms with Crippen molar-refractivity contribution in [2.45, 2.75) is 31.8 Å². The molecular weight excluding hydrogens is 392 g/mol. The number of fused-ring (bicyclic) bond motifs is 1. The first-order valence-electron chi connectivity index (χ1n) is 10.2. The van der Waals surface area contributed by atoms with E-state index >= 15 is 0 Å². The van der Waals surface area contributed by atoms with Crippen molar-refractivity contribution in [2.24, 2.45) is 0 Å². The van der Waals surface area contributed by atoms with Gasteiger partial charge in [0.15, 0.2) is 5.13 Å². The van der Waals surface area contributed by atoms with Gasteiger partial charge >= 0.3 is 0 Å². The van der Waals surface area contributed by atoms with Crippen LogP contribution < -0.4 is 5.32 Å². The highest BCUT2D eigenvalue weighted by Crippen LogP contribution is 2.34. The van der Waals surface area contributed by atoms with Gasteiger partial charge in [0.2, 0.25) is 0 Å². The van der Waals surface area contributed by atoms with Crippen molar-refractivity contribution in [2.75, 3.05) is 11.9 Å². The first kappa shape index (κ1) is 18.8. The molecule has 3 aromatic heterocycles. The number of likely N-dealkylation sites (tertiary alicyclic amines) is 1. The summed E-state index contributed by atoms with van der Waals surface area (Å²) in [6, 6.07) is 14.7. The molecule has 0 bridgehead atoms. The number of rotatable bonds is 5. The SMILES string of the molecule is N#Cc1ccc(Nc2nc(C3CCCCN3Cc3ccc4[nH]ccc4c3)cs2)cn1. The lowest BCUT2D eigenvalue weighted by molar-refractivity contribution is 0.138. The van der Waals surface area contributed by atoms with E-state index in [1.165, 1.54) is 29.3 Å². The Morgan fingerprint density at radius 3 is 3.07 bits per heavy atom. The third-order valence-electron chi connectivity index (χ3n) is 5.61. The molecule has 4 heterocycles. The fourth-order valence-corrected chi connectivity index (χ4v) is 4.88. The maximum absolute atomic E-state index is 8.89. The number of benzene rings is 1. The molecule has 0 radical (unpaired) electrons. The number of nitrogens with one attached hydrogen (secondary N) is 2. The predicted octanol–water partition coefficient (Wildman–Crippen LogP) is 5.36. The van der Waals surface area contributed by atoms with E-state index in [4.69, 9.17) is 10.2 Å². The lowest BCUT2D eigenvalue weighted by atomic mass is 9.99. The zero-order valence-electron chi connectivity index (χ0n) is 16.5. The molecule has 7 heteroatoms. The van der Waals surface area contributed by atoms with Gasteiger partial charge in [-0.05, 0) is 60.7 Å². The van der Waals surface area contributed by atoms with Crippen molar-refractivity contribution in [3.05, 3.63) is 71.1 Å². The van der Waals surface area contributed by atoms with E-state index in [9.17, 15) is 0 Å². The topological polar surface area (TPSA) is 80.6 Å². The molecule has 4 aromatic rings. The maximum Gasteiger partial charge on any atom is 0.187 e. The monoisotopic (exact) mass is 414 g/mol. The van der Waals surface area contributed by atoms with Crippen LogP contribution in [0.25, 0.3) is 10.9 Å². The Morgan fingerprint density at radius 2 is 2.20 bits per heavy atom. The van der Waals surface area contributed by atoms with Gasteiger partial charge in [-0.3, -0.25) is 4.90 Å². The first-order chi connectivity index (χ1) is 14.8. The number of hydrogen-bond donors (Lipinski definition) is 2. The van der Waals surface area contributed by atoms with Crippen molar-refractivity contribution in [3.63, 3.8) is 0 Å². The third kappa shape index (κ3) is 3.92. The molecule has 150 valence electrons. The molecule has 1 fully saturated rings. The standard InChI is InChI=1S/C23H22N6S/c24-12-18-5-6-19(13-26-18)27-23-28-21(15-30-23)22-3-1-2-10-29(22)14-16-4-7-20-17(11-16)8-9-25-20/h4-9,11,13,15,22,25H,1-3,10,14H2,(H,27,28). The summed E-state index contributed by atoms with van der Waals surface area (Å²) in [5.41, 5.74) is 4.91. The van der Waals surface area contributed by atoms with Crippen LogP contribution in [0.5, 0.6) is 0 Å². The summed E-state index contributed by atoms with van der Waals surface area (Å²) in [4.78, 5) is 14.8. The van der Waals surface area contributed by atoms with Crippen LogP contribution in [0, 0.1) is 11.3 Å². The number of hydrogen-bond acceptors (Lipinski definition) is 6. The van der Waals surface area contributed by atoms with Gasteiger partial charge in [0, 0.05) is 23.6 Å². The van der Waals surface area contributed by atoms with Crippen LogP contribution in [0.4, 0.5) is 10.8 Å². The van der Waals surface area contributed by atoms with E-state index < -0.39 is 0 Å². The van der Waals surface area contributed by atoms with Crippen LogP contribution in [-0.4, -0.2) is 26.4 Å². The number of aromatic nitrogens is 3. The van der Waals surface area contributed by atoms with E-state index in [1.807, 2.05) is 18.3 Å². The van der Waals surface area contributed by atoms with Crippen LogP contribution in [0.2, 0.25) is 0 Å². The highest BCUT2D eigenvalue weighted by Gasteiger charge is 2.26. The molecule has 1 aromatic carbocycles. The maximum atomic E-state index is 8.89. The first-order valence-corrected chi connectivity index (χ1v) is 11.0. The van der Waals surface area contributed by atoms with Gasteiger partial charge in [-0.15, -0.1) is 11.3 Å². The van der Waals surface area contributed by atoms with E-state index in [2.05, 4.69) is 49.8 Å². The third-order valence-corrected chi connectivity index (χ3v) is 6.39. The number of pyridine rings is 1. The highest BCUT2D eigenvalue weighted by atomic mass is 32.1. The van der Waals surface area contributed by atoms with Gasteiger partial charge in [-0.2, -0.15) is 5.26 Å². The molecule has 1 aliphatic rings. The summed E-state index contributed by atoms with van der Waals surface area (Å²) >= 11 is 1.61. The average Bonchev–Trinajstić information content (AvgIpc) is 3.44. The summed E-state index contributed by atoms with van der Waals surface area (Å²) in [6.45, 7) is 2.03. The molecule has 0 saturated carbocycles. The number of nitrogens with zero attached hydrogens (tertiary/aromatic N) is 4. The molecule has 1 aliphatic heterocycles. The Morgan fingerprint density at radius 1 is 1.23 bits per heavy atom. The number of thiazole rings is 1. The normalized spacial score (nSPS) is 17.1. The Bertz CT molecular complexity index is 1190. The average molecular weight is 415 g/mol. The van der Waals surface area contributed by atoms with Crippen molar-refractivity contribution in [1.82, 2.24) is 19.9 Å². The smallest absolute Gasteiger partial charge is 0.187 e. The quantitative estimate of drug-likeness (QED) is 0.459. The molecule has 0 aliphatic carbocycles. The fourth-order valence-electron chi connectivity index (χ4n) is 4.10. The van der Waals surface area contributed by atoms with Crippen molar-refractivity contribution in [3.8, 4) is 6.07 Å². The van der Waals surface area contributed by atoms with Crippen molar-refractivity contribution in [1.29, 1.82) is 5.26 Å². The molecule has 0 amide bonds. The Hall–Kier alpha value is -3.21. The lowest BCUT2D eigenvalue weighted by Crippen LogP contribution is -2.33. The zero-order chi connectivity index (χ0) is 20.3. The number of anilines is 2. The van der Waals surface area contributed by atoms with Gasteiger partial charge in [0.1, 0.15) is 11.8 Å². The van der Waals surface area contributed by atoms with Gasteiger partial charge < -0.3 is 10.3 Å². The predicted molar refractivity (Wildman–Crippen MR) is 120 cm³/mol. The minimum Gasteiger partial charge on any atom is -0.361 e. The van der Waals surface area contributed by atoms with Gasteiger partial charge in [0.25, 0.3) is 0 Å². The van der Waals surface area contributed by atoms with Crippen LogP contribution in [-0.2, 0) is 6.54 Å². The van der Waals surface area contributed by atoms with Gasteiger partial charge in [0.05, 0.1) is 23.6 Å². The number of H-pyrrole nitrogens is 1. The summed E-state index contributed by atoms with van der Waals surface area (Å²) in [6.07, 6.45) is 7.26. The Balaban J connectivity index is 1.32. The van der Waals surface area contributed by atoms with Gasteiger partial charge in [-0.25, -0.2) is 9.97 Å². The second kappa shape index (κ2) is 8.27. The van der Waals surface area contributed by atoms with Gasteiger partial charge in [-0.1, -0.05) is 12.5 Å². The van der Waals surface area contributed by atoms with E-state index in [0.29, 0.717) is 11.7 Å². The summed E-state index contributed by atoms with van der Waals surface area (Å²) in [7, 11) is 0. The fraction of sp³-hybridized carbons (Fsp3) is 0.261. The highest BCUT2D eigenvalue weighted by molar-refractivity contribution is 7.13. The minimum absolute atomic E-state index is 0.339. The lowest BCUT2D eigenvalue weighted by Gasteiger charge is -2.34. The molecule has 1 atom stereocenters. The molecule has 1 unspecified atom stereocenters. The Kier molecular flexibility index (Phi) is 5.18. The molecular formula is C23H22N6S. The molecule has 5 rings (SSSR count). The van der Waals surface area contributed by atoms with E-state index in [-0.39, 0.29) is 0 Å². The number of aromatic amines is 1. The summed E-state index contributed by atoms with van der Waals surface area (Å²) in [5.74, 6) is 0. The Labute approximate surface area is 179 Å². The summed E-state index contributed by atoms with van der Waals surface area (Å²) < 4.78 is 0. The van der Waals surface area contributed by atoms with E-state index in [1.54, 1.807) is 23.6 Å². The van der Waals surface area contributed by atoms with E-state index in [0.717, 1.165) is 36.0 Å². The molecule has 6 nitrogen and oxygen atoms in total. The molecule has 2 N–H and O–H groups in total. The van der Waals surface area contributed by atoms with Crippen molar-refractivity contribution < 1.29 is 0 Å². The van der Waals surface area contributed by atoms with Crippen LogP contribution in [0.1, 0.15) is 42.3 Å². The second-order valence-electron chi connectivity index (χ2n) is 7.63. The molecule has 30 heavy (non-hydrogen) atoms. The summed E-state index contributed by atoms with van der Waals surface area (Å²) in [5, 5.41) is 16.5. The molecule has 1 saturated heterocycles. The van der Waals surface area contributed by atoms with Crippen molar-refractivity contribution >= 4 is 33.1 Å². The van der Waals surface area contributed by atoms with Crippen LogP contribution in [0.15, 0.2) is 54.2 Å². The number of piperidine rings is 1. The largest absolute Gasteiger partial charge is 0.361 e. The van der Waals surface area contributed by atoms with Crippen LogP contribution in [0.3, 0.4) is 0 Å². The number of nitriles is 1. The second-order valence-corrected chi connectivity index (χ2v) is 8.49. The molecule has 0 spiro atoms. The minimum atomic E-state index is 0.339. The zero-order valence-corrected chi connectivity index (χ0v) is 17.3.